The number of hydrogen-bond donors (Lipinski definition) is 1. The highest BCUT2D eigenvalue weighted by atomic mass is 19.1. The molecule has 0 saturated heterocycles. The van der Waals surface area contributed by atoms with Crippen LogP contribution in [0.5, 0.6) is 0 Å². The van der Waals surface area contributed by atoms with Crippen LogP contribution in [0.4, 0.5) is 4.39 Å². The van der Waals surface area contributed by atoms with Crippen molar-refractivity contribution in [1.82, 2.24) is 0 Å². The Balaban J connectivity index is 2.00. The molecule has 0 saturated carbocycles. The lowest BCUT2D eigenvalue weighted by molar-refractivity contribution is -0.137. The summed E-state index contributed by atoms with van der Waals surface area (Å²) in [6.07, 6.45) is 4.52. The summed E-state index contributed by atoms with van der Waals surface area (Å²) in [7, 11) is 0. The van der Waals surface area contributed by atoms with E-state index >= 15 is 0 Å². The smallest absolute Gasteiger partial charge is 0.304 e. The lowest BCUT2D eigenvalue weighted by Gasteiger charge is -2.21. The molecule has 0 aromatic heterocycles. The fourth-order valence-electron chi connectivity index (χ4n) is 3.30. The number of carbonyl (C=O) groups is 1. The predicted octanol–water partition coefficient (Wildman–Crippen LogP) is 4.31. The highest BCUT2D eigenvalue weighted by Crippen LogP contribution is 2.32. The summed E-state index contributed by atoms with van der Waals surface area (Å²) in [5.41, 5.74) is 4.37. The van der Waals surface area contributed by atoms with Gasteiger partial charge >= 0.3 is 5.97 Å². The van der Waals surface area contributed by atoms with Crippen molar-refractivity contribution < 1.29 is 14.3 Å². The van der Waals surface area contributed by atoms with Gasteiger partial charge in [-0.2, -0.15) is 0 Å². The van der Waals surface area contributed by atoms with Crippen LogP contribution in [0.3, 0.4) is 0 Å². The SMILES string of the molecule is O=C(O)CC(c1cccc(F)c1)c1ccc2c(c1)CCCC2. The number of fused-ring (bicyclic) bond motifs is 1. The molecule has 1 N–H and O–H groups in total. The monoisotopic (exact) mass is 298 g/mol. The quantitative estimate of drug-likeness (QED) is 0.913. The molecule has 1 aliphatic rings. The van der Waals surface area contributed by atoms with Gasteiger partial charge in [0.1, 0.15) is 5.82 Å². The standard InChI is InChI=1S/C19H19FO2/c20-17-7-3-6-15(11-17)18(12-19(21)22)16-9-8-13-4-1-2-5-14(13)10-16/h3,6-11,18H,1-2,4-5,12H2,(H,21,22). The molecular formula is C19H19FO2. The van der Waals surface area contributed by atoms with Gasteiger partial charge in [-0.15, -0.1) is 0 Å². The van der Waals surface area contributed by atoms with Crippen molar-refractivity contribution in [2.75, 3.05) is 0 Å². The minimum absolute atomic E-state index is 0.0256. The van der Waals surface area contributed by atoms with Crippen LogP contribution in [-0.2, 0) is 17.6 Å². The van der Waals surface area contributed by atoms with Gasteiger partial charge in [0, 0.05) is 5.92 Å². The maximum absolute atomic E-state index is 13.5. The van der Waals surface area contributed by atoms with Crippen molar-refractivity contribution in [3.63, 3.8) is 0 Å². The Morgan fingerprint density at radius 2 is 1.77 bits per heavy atom. The molecule has 0 aliphatic heterocycles. The minimum Gasteiger partial charge on any atom is -0.481 e. The lowest BCUT2D eigenvalue weighted by Crippen LogP contribution is -2.10. The van der Waals surface area contributed by atoms with E-state index in [-0.39, 0.29) is 18.2 Å². The third-order valence-electron chi connectivity index (χ3n) is 4.40. The van der Waals surface area contributed by atoms with Crippen LogP contribution in [0.1, 0.15) is 47.4 Å². The third-order valence-corrected chi connectivity index (χ3v) is 4.40. The highest BCUT2D eigenvalue weighted by Gasteiger charge is 2.20. The zero-order chi connectivity index (χ0) is 15.5. The molecule has 0 fully saturated rings. The number of benzene rings is 2. The van der Waals surface area contributed by atoms with E-state index in [4.69, 9.17) is 0 Å². The first-order chi connectivity index (χ1) is 10.6. The highest BCUT2D eigenvalue weighted by molar-refractivity contribution is 5.69. The first-order valence-corrected chi connectivity index (χ1v) is 7.72. The van der Waals surface area contributed by atoms with Gasteiger partial charge in [0.25, 0.3) is 0 Å². The maximum atomic E-state index is 13.5. The van der Waals surface area contributed by atoms with E-state index < -0.39 is 5.97 Å². The second kappa shape index (κ2) is 6.30. The van der Waals surface area contributed by atoms with E-state index in [0.29, 0.717) is 0 Å². The van der Waals surface area contributed by atoms with Crippen LogP contribution in [0.2, 0.25) is 0 Å². The van der Waals surface area contributed by atoms with Crippen LogP contribution in [-0.4, -0.2) is 11.1 Å². The molecular weight excluding hydrogens is 279 g/mol. The first kappa shape index (κ1) is 14.8. The second-order valence-electron chi connectivity index (χ2n) is 5.94. The topological polar surface area (TPSA) is 37.3 Å². The number of halogens is 1. The minimum atomic E-state index is -0.869. The molecule has 22 heavy (non-hydrogen) atoms. The van der Waals surface area contributed by atoms with E-state index in [9.17, 15) is 14.3 Å². The third kappa shape index (κ3) is 3.19. The Bertz CT molecular complexity index is 694. The molecule has 2 aromatic carbocycles. The summed E-state index contributed by atoms with van der Waals surface area (Å²) in [5.74, 6) is -1.50. The number of aliphatic carboxylic acids is 1. The summed E-state index contributed by atoms with van der Waals surface area (Å²) in [4.78, 5) is 11.2. The molecule has 0 amide bonds. The van der Waals surface area contributed by atoms with Gasteiger partial charge < -0.3 is 5.11 Å². The number of carboxylic acid groups (broad SMARTS) is 1. The summed E-state index contributed by atoms with van der Waals surface area (Å²) in [5, 5.41) is 9.22. The van der Waals surface area contributed by atoms with Crippen LogP contribution in [0, 0.1) is 5.82 Å². The van der Waals surface area contributed by atoms with E-state index in [2.05, 4.69) is 12.1 Å². The Kier molecular flexibility index (Phi) is 4.23. The van der Waals surface area contributed by atoms with Crippen molar-refractivity contribution >= 4 is 5.97 Å². The van der Waals surface area contributed by atoms with Gasteiger partial charge in [0.2, 0.25) is 0 Å². The van der Waals surface area contributed by atoms with Crippen molar-refractivity contribution in [2.24, 2.45) is 0 Å². The van der Waals surface area contributed by atoms with Crippen molar-refractivity contribution in [3.05, 3.63) is 70.5 Å². The van der Waals surface area contributed by atoms with Gasteiger partial charge in [0.15, 0.2) is 0 Å². The van der Waals surface area contributed by atoms with Crippen LogP contribution in [0.15, 0.2) is 42.5 Å². The molecule has 1 aliphatic carbocycles. The maximum Gasteiger partial charge on any atom is 0.304 e. The molecule has 0 heterocycles. The van der Waals surface area contributed by atoms with Gasteiger partial charge in [-0.1, -0.05) is 30.3 Å². The molecule has 3 heteroatoms. The summed E-state index contributed by atoms with van der Waals surface area (Å²) in [6, 6.07) is 12.5. The number of hydrogen-bond acceptors (Lipinski definition) is 1. The zero-order valence-electron chi connectivity index (χ0n) is 12.4. The molecule has 3 rings (SSSR count). The molecule has 1 unspecified atom stereocenters. The summed E-state index contributed by atoms with van der Waals surface area (Å²) < 4.78 is 13.5. The Labute approximate surface area is 129 Å². The number of rotatable bonds is 4. The average Bonchev–Trinajstić information content (AvgIpc) is 2.52. The molecule has 1 atom stereocenters. The van der Waals surface area contributed by atoms with Gasteiger partial charge in [-0.25, -0.2) is 4.39 Å². The van der Waals surface area contributed by atoms with Crippen LogP contribution >= 0.6 is 0 Å². The van der Waals surface area contributed by atoms with Crippen molar-refractivity contribution in [2.45, 2.75) is 38.0 Å². The number of aryl methyl sites for hydroxylation is 2. The second-order valence-corrected chi connectivity index (χ2v) is 5.94. The Morgan fingerprint density at radius 1 is 1.05 bits per heavy atom. The van der Waals surface area contributed by atoms with Crippen LogP contribution in [0.25, 0.3) is 0 Å². The van der Waals surface area contributed by atoms with Gasteiger partial charge in [-0.3, -0.25) is 4.79 Å². The zero-order valence-corrected chi connectivity index (χ0v) is 12.4. The Hall–Kier alpha value is -2.16. The van der Waals surface area contributed by atoms with Crippen molar-refractivity contribution in [3.8, 4) is 0 Å². The molecule has 0 radical (unpaired) electrons. The predicted molar refractivity (Wildman–Crippen MR) is 83.6 cm³/mol. The fraction of sp³-hybridized carbons (Fsp3) is 0.316. The molecule has 0 spiro atoms. The van der Waals surface area contributed by atoms with Gasteiger partial charge in [0.05, 0.1) is 6.42 Å². The normalized spacial score (nSPS) is 15.1. The van der Waals surface area contributed by atoms with E-state index in [1.165, 1.54) is 36.1 Å². The molecule has 0 bridgehead atoms. The van der Waals surface area contributed by atoms with Crippen molar-refractivity contribution in [1.29, 1.82) is 0 Å². The largest absolute Gasteiger partial charge is 0.481 e. The molecule has 2 nitrogen and oxygen atoms in total. The molecule has 2 aromatic rings. The van der Waals surface area contributed by atoms with E-state index in [0.717, 1.165) is 24.0 Å². The average molecular weight is 298 g/mol. The first-order valence-electron chi connectivity index (χ1n) is 7.72. The van der Waals surface area contributed by atoms with E-state index in [1.807, 2.05) is 6.07 Å². The number of carboxylic acids is 1. The van der Waals surface area contributed by atoms with Crippen LogP contribution < -0.4 is 0 Å². The Morgan fingerprint density at radius 3 is 2.50 bits per heavy atom. The fourth-order valence-corrected chi connectivity index (χ4v) is 3.30. The summed E-state index contributed by atoms with van der Waals surface area (Å²) >= 11 is 0. The van der Waals surface area contributed by atoms with Gasteiger partial charge in [-0.05, 0) is 60.1 Å². The molecule has 114 valence electrons. The lowest BCUT2D eigenvalue weighted by atomic mass is 9.84. The summed E-state index contributed by atoms with van der Waals surface area (Å²) in [6.45, 7) is 0. The van der Waals surface area contributed by atoms with E-state index in [1.54, 1.807) is 12.1 Å².